The zero-order chi connectivity index (χ0) is 27.8. The predicted molar refractivity (Wildman–Crippen MR) is 144 cm³/mol. The van der Waals surface area contributed by atoms with E-state index in [2.05, 4.69) is 23.1 Å². The molecule has 0 aliphatic heterocycles. The van der Waals surface area contributed by atoms with Crippen LogP contribution in [0.3, 0.4) is 0 Å². The second kappa shape index (κ2) is 12.9. The summed E-state index contributed by atoms with van der Waals surface area (Å²) in [5.41, 5.74) is 1.35. The highest BCUT2D eigenvalue weighted by atomic mass is 35.5. The van der Waals surface area contributed by atoms with Crippen LogP contribution in [0.4, 0.5) is 10.5 Å². The van der Waals surface area contributed by atoms with E-state index in [0.717, 1.165) is 5.56 Å². The maximum Gasteiger partial charge on any atom is 0.408 e. The van der Waals surface area contributed by atoms with E-state index in [1.807, 2.05) is 0 Å². The molecule has 8 nitrogen and oxygen atoms in total. The molecule has 0 bridgehead atoms. The van der Waals surface area contributed by atoms with Gasteiger partial charge in [0.1, 0.15) is 17.7 Å². The minimum absolute atomic E-state index is 0.0676. The average molecular weight is 526 g/mol. The van der Waals surface area contributed by atoms with Crippen LogP contribution in [-0.2, 0) is 14.3 Å². The van der Waals surface area contributed by atoms with Gasteiger partial charge in [0, 0.05) is 12.1 Å². The second-order valence-electron chi connectivity index (χ2n) is 9.25. The van der Waals surface area contributed by atoms with Crippen LogP contribution in [0, 0.1) is 19.3 Å². The minimum atomic E-state index is -1.38. The molecule has 0 aromatic heterocycles. The average Bonchev–Trinajstić information content (AvgIpc) is 2.83. The number of carbonyl (C=O) groups excluding carboxylic acids is 3. The van der Waals surface area contributed by atoms with Gasteiger partial charge in [-0.15, -0.1) is 13.0 Å². The molecule has 0 fully saturated rings. The van der Waals surface area contributed by atoms with E-state index in [0.29, 0.717) is 21.8 Å². The monoisotopic (exact) mass is 525 g/mol. The molecule has 196 valence electrons. The summed E-state index contributed by atoms with van der Waals surface area (Å²) < 4.78 is 5.22. The van der Waals surface area contributed by atoms with E-state index >= 15 is 0 Å². The third kappa shape index (κ3) is 8.10. The number of nitrogens with one attached hydrogen (secondary N) is 2. The Kier molecular flexibility index (Phi) is 10.3. The van der Waals surface area contributed by atoms with Crippen molar-refractivity contribution >= 4 is 35.2 Å². The van der Waals surface area contributed by atoms with Crippen molar-refractivity contribution in [3.8, 4) is 12.3 Å². The number of aliphatic hydroxyl groups is 1. The van der Waals surface area contributed by atoms with Gasteiger partial charge in [0.05, 0.1) is 17.3 Å². The number of amides is 3. The van der Waals surface area contributed by atoms with Gasteiger partial charge in [-0.25, -0.2) is 4.79 Å². The number of rotatable bonds is 9. The highest BCUT2D eigenvalue weighted by Crippen LogP contribution is 2.29. The number of halogens is 1. The van der Waals surface area contributed by atoms with Crippen LogP contribution in [-0.4, -0.2) is 52.7 Å². The first-order valence-electron chi connectivity index (χ1n) is 11.6. The van der Waals surface area contributed by atoms with Crippen LogP contribution in [0.25, 0.3) is 0 Å². The lowest BCUT2D eigenvalue weighted by Crippen LogP contribution is -2.53. The lowest BCUT2D eigenvalue weighted by molar-refractivity contribution is -0.140. The van der Waals surface area contributed by atoms with E-state index in [9.17, 15) is 19.5 Å². The number of alkyl carbamates (subject to hydrolysis) is 1. The molecule has 9 heteroatoms. The largest absolute Gasteiger partial charge is 0.444 e. The van der Waals surface area contributed by atoms with Gasteiger partial charge < -0.3 is 25.4 Å². The smallest absolute Gasteiger partial charge is 0.408 e. The summed E-state index contributed by atoms with van der Waals surface area (Å²) in [5.74, 6) is 1.23. The summed E-state index contributed by atoms with van der Waals surface area (Å²) in [6.07, 6.45) is 6.03. The quantitative estimate of drug-likeness (QED) is 0.336. The standard InChI is InChI=1S/C28H32ClN3O5/c1-7-16-32(26(35)22(17-33)30-27(36)37-28(4,5)6)24(20-14-12-19(8-2)13-15-20)25(34)31-23-18(3)10-9-11-21(23)29/h2,7,9-15,22,24,33H,1,16-17H2,3-6H3,(H,30,36)(H,31,34). The van der Waals surface area contributed by atoms with Crippen molar-refractivity contribution in [1.29, 1.82) is 0 Å². The molecule has 0 saturated carbocycles. The van der Waals surface area contributed by atoms with Gasteiger partial charge in [-0.1, -0.05) is 47.9 Å². The number of terminal acetylenes is 1. The van der Waals surface area contributed by atoms with Gasteiger partial charge in [-0.2, -0.15) is 0 Å². The zero-order valence-corrected chi connectivity index (χ0v) is 22.1. The first-order valence-corrected chi connectivity index (χ1v) is 11.9. The van der Waals surface area contributed by atoms with E-state index < -0.39 is 42.2 Å². The van der Waals surface area contributed by atoms with Crippen molar-refractivity contribution in [3.63, 3.8) is 0 Å². The normalized spacial score (nSPS) is 12.5. The predicted octanol–water partition coefficient (Wildman–Crippen LogP) is 4.21. The third-order valence-electron chi connectivity index (χ3n) is 5.20. The molecule has 37 heavy (non-hydrogen) atoms. The molecule has 2 rings (SSSR count). The Morgan fingerprint density at radius 2 is 1.86 bits per heavy atom. The van der Waals surface area contributed by atoms with Crippen LogP contribution < -0.4 is 10.6 Å². The number of aliphatic hydroxyl groups excluding tert-OH is 1. The summed E-state index contributed by atoms with van der Waals surface area (Å²) in [6, 6.07) is 9.20. The van der Waals surface area contributed by atoms with Crippen molar-refractivity contribution < 1.29 is 24.2 Å². The van der Waals surface area contributed by atoms with Crippen molar-refractivity contribution in [3.05, 3.63) is 76.8 Å². The molecule has 0 heterocycles. The van der Waals surface area contributed by atoms with Gasteiger partial charge in [0.25, 0.3) is 5.91 Å². The fourth-order valence-electron chi connectivity index (χ4n) is 3.51. The third-order valence-corrected chi connectivity index (χ3v) is 5.52. The lowest BCUT2D eigenvalue weighted by Gasteiger charge is -2.33. The molecular formula is C28H32ClN3O5. The summed E-state index contributed by atoms with van der Waals surface area (Å²) >= 11 is 6.32. The molecule has 0 aliphatic rings. The zero-order valence-electron chi connectivity index (χ0n) is 21.4. The number of anilines is 1. The van der Waals surface area contributed by atoms with Crippen LogP contribution in [0.1, 0.15) is 43.5 Å². The Labute approximate surface area is 222 Å². The number of nitrogens with zero attached hydrogens (tertiary/aromatic N) is 1. The molecule has 2 aromatic rings. The molecule has 3 N–H and O–H groups in total. The number of carbonyl (C=O) groups is 3. The highest BCUT2D eigenvalue weighted by molar-refractivity contribution is 6.34. The highest BCUT2D eigenvalue weighted by Gasteiger charge is 2.36. The fraction of sp³-hybridized carbons (Fsp3) is 0.321. The van der Waals surface area contributed by atoms with Crippen LogP contribution in [0.5, 0.6) is 0 Å². The molecule has 3 amide bonds. The Bertz CT molecular complexity index is 1160. The van der Waals surface area contributed by atoms with Crippen molar-refractivity contribution in [1.82, 2.24) is 10.2 Å². The molecule has 0 radical (unpaired) electrons. The number of para-hydroxylation sites is 1. The van der Waals surface area contributed by atoms with E-state index in [1.54, 1.807) is 70.2 Å². The maximum atomic E-state index is 13.7. The van der Waals surface area contributed by atoms with Gasteiger partial charge in [-0.05, 0) is 57.0 Å². The maximum absolute atomic E-state index is 13.7. The van der Waals surface area contributed by atoms with Crippen LogP contribution in [0.15, 0.2) is 55.1 Å². The molecule has 2 atom stereocenters. The molecule has 0 aliphatic carbocycles. The summed E-state index contributed by atoms with van der Waals surface area (Å²) in [4.78, 5) is 40.8. The summed E-state index contributed by atoms with van der Waals surface area (Å²) in [6.45, 7) is 9.71. The van der Waals surface area contributed by atoms with Crippen molar-refractivity contribution in [2.24, 2.45) is 0 Å². The van der Waals surface area contributed by atoms with Crippen molar-refractivity contribution in [2.75, 3.05) is 18.5 Å². The number of aryl methyl sites for hydroxylation is 1. The van der Waals surface area contributed by atoms with Gasteiger partial charge in [0.2, 0.25) is 5.91 Å². The van der Waals surface area contributed by atoms with Crippen LogP contribution in [0.2, 0.25) is 5.02 Å². The fourth-order valence-corrected chi connectivity index (χ4v) is 3.78. The molecule has 0 spiro atoms. The SMILES string of the molecule is C#Cc1ccc(C(C(=O)Nc2c(C)cccc2Cl)N(CC=C)C(=O)C(CO)NC(=O)OC(C)(C)C)cc1. The minimum Gasteiger partial charge on any atom is -0.444 e. The van der Waals surface area contributed by atoms with Gasteiger partial charge in [0.15, 0.2) is 0 Å². The summed E-state index contributed by atoms with van der Waals surface area (Å²) in [5, 5.41) is 15.5. The number of hydrogen-bond donors (Lipinski definition) is 3. The second-order valence-corrected chi connectivity index (χ2v) is 9.66. The number of hydrogen-bond acceptors (Lipinski definition) is 5. The first kappa shape index (κ1) is 29.4. The molecule has 0 saturated heterocycles. The topological polar surface area (TPSA) is 108 Å². The van der Waals surface area contributed by atoms with Crippen molar-refractivity contribution in [2.45, 2.75) is 45.4 Å². The first-order chi connectivity index (χ1) is 17.4. The van der Waals surface area contributed by atoms with Gasteiger partial charge in [-0.3, -0.25) is 9.59 Å². The summed E-state index contributed by atoms with van der Waals surface area (Å²) in [7, 11) is 0. The van der Waals surface area contributed by atoms with E-state index in [4.69, 9.17) is 22.8 Å². The molecule has 2 aromatic carbocycles. The Morgan fingerprint density at radius 3 is 2.38 bits per heavy atom. The number of ether oxygens (including phenoxy) is 1. The Morgan fingerprint density at radius 1 is 1.22 bits per heavy atom. The van der Waals surface area contributed by atoms with Gasteiger partial charge >= 0.3 is 6.09 Å². The van der Waals surface area contributed by atoms with E-state index in [-0.39, 0.29) is 6.54 Å². The Hall–Kier alpha value is -3.80. The molecule has 2 unspecified atom stereocenters. The molecular weight excluding hydrogens is 494 g/mol. The van der Waals surface area contributed by atoms with E-state index in [1.165, 1.54) is 11.0 Å². The Balaban J connectivity index is 2.51. The lowest BCUT2D eigenvalue weighted by atomic mass is 10.0. The van der Waals surface area contributed by atoms with Crippen LogP contribution >= 0.6 is 11.6 Å². The number of benzene rings is 2.